The number of carbonyl (C=O) groups excluding carboxylic acids is 4. The van der Waals surface area contributed by atoms with Crippen LogP contribution in [-0.2, 0) is 26.2 Å². The van der Waals surface area contributed by atoms with Crippen molar-refractivity contribution in [2.24, 2.45) is 17.2 Å². The number of carbonyl (C=O) groups is 4. The minimum atomic E-state index is -1.52. The number of benzene rings is 3. The Morgan fingerprint density at radius 1 is 0.953 bits per heavy atom. The van der Waals surface area contributed by atoms with Gasteiger partial charge in [0.2, 0.25) is 17.7 Å². The number of aromatic hydroxyl groups is 1. The maximum Gasteiger partial charge on any atom is 0.255 e. The maximum absolute atomic E-state index is 14.7. The topological polar surface area (TPSA) is 291 Å². The predicted octanol–water partition coefficient (Wildman–Crippen LogP) is 1.10. The molecule has 18 heteroatoms. The highest BCUT2D eigenvalue weighted by molar-refractivity contribution is 5.99. The second kappa shape index (κ2) is 20.5. The summed E-state index contributed by atoms with van der Waals surface area (Å²) in [4.78, 5) is 66.5. The van der Waals surface area contributed by atoms with Gasteiger partial charge in [0.1, 0.15) is 49.3 Å². The number of fused-ring (bicyclic) bond motifs is 5. The summed E-state index contributed by atoms with van der Waals surface area (Å²) in [5.41, 5.74) is 21.3. The predicted molar refractivity (Wildman–Crippen MR) is 238 cm³/mol. The second-order valence-corrected chi connectivity index (χ2v) is 16.7. The molecule has 1 aliphatic heterocycles. The van der Waals surface area contributed by atoms with Crippen LogP contribution in [0.25, 0.3) is 22.5 Å². The van der Waals surface area contributed by atoms with Crippen LogP contribution in [0.2, 0.25) is 0 Å². The maximum atomic E-state index is 14.7. The average Bonchev–Trinajstić information content (AvgIpc) is 4.05. The standard InChI is InChI=1S/C46H59N9O9/c1-25-35(22-51-41(52-25)28-6-8-30(9-7-28)46(3)13-14-46)43(60)54-36(11-15-47)45(62)55(4)39-29-18-34(40(58)38(19-29)64-24-32(57)21-49)33-17-27(5-10-37(33)63-23-31(56)20-48)12-16-50-42(59)26(2)53-44(39)61/h5-10,17-19,22,26,31-32,36,39,56-58H,11-16,20-21,23-24,47-49H2,1-4H3,(H,50,59)(H,53,61)(H,54,60)/t26-,31+,32+,36-,39-/m0/s1. The quantitative estimate of drug-likeness (QED) is 0.0762. The van der Waals surface area contributed by atoms with Gasteiger partial charge in [-0.3, -0.25) is 19.2 Å². The van der Waals surface area contributed by atoms with Crippen LogP contribution in [0.15, 0.2) is 60.8 Å². The Morgan fingerprint density at radius 2 is 1.62 bits per heavy atom. The van der Waals surface area contributed by atoms with Crippen LogP contribution in [0, 0.1) is 6.92 Å². The Bertz CT molecular complexity index is 2340. The lowest BCUT2D eigenvalue weighted by Crippen LogP contribution is -2.53. The molecule has 1 fully saturated rings. The van der Waals surface area contributed by atoms with E-state index in [1.807, 2.05) is 12.1 Å². The first-order valence-corrected chi connectivity index (χ1v) is 21.4. The van der Waals surface area contributed by atoms with Crippen molar-refractivity contribution >= 4 is 23.6 Å². The lowest BCUT2D eigenvalue weighted by atomic mass is 9.93. The summed E-state index contributed by atoms with van der Waals surface area (Å²) < 4.78 is 11.9. The number of nitrogens with two attached hydrogens (primary N) is 3. The van der Waals surface area contributed by atoms with E-state index in [9.17, 15) is 34.5 Å². The Labute approximate surface area is 371 Å². The van der Waals surface area contributed by atoms with E-state index in [2.05, 4.69) is 45.0 Å². The highest BCUT2D eigenvalue weighted by Crippen LogP contribution is 2.48. The highest BCUT2D eigenvalue weighted by atomic mass is 16.5. The third-order valence-corrected chi connectivity index (χ3v) is 11.7. The molecular weight excluding hydrogens is 823 g/mol. The number of aryl methyl sites for hydroxylation is 1. The van der Waals surface area contributed by atoms with Gasteiger partial charge in [-0.25, -0.2) is 9.97 Å². The van der Waals surface area contributed by atoms with Gasteiger partial charge in [-0.2, -0.15) is 0 Å². The Morgan fingerprint density at radius 3 is 2.25 bits per heavy atom. The van der Waals surface area contributed by atoms with Crippen molar-refractivity contribution in [2.45, 2.75) is 82.2 Å². The Hall–Kier alpha value is -6.18. The van der Waals surface area contributed by atoms with Gasteiger partial charge in [-0.05, 0) is 92.4 Å². The van der Waals surface area contributed by atoms with E-state index >= 15 is 0 Å². The number of ether oxygens (including phenoxy) is 2. The molecule has 1 aromatic heterocycles. The van der Waals surface area contributed by atoms with Crippen LogP contribution in [0.4, 0.5) is 0 Å². The molecule has 0 radical (unpaired) electrons. The van der Waals surface area contributed by atoms with Crippen molar-refractivity contribution in [1.29, 1.82) is 0 Å². The first kappa shape index (κ1) is 47.3. The molecule has 64 heavy (non-hydrogen) atoms. The number of nitrogens with zero attached hydrogens (tertiary/aromatic N) is 3. The molecule has 2 aliphatic rings. The fourth-order valence-corrected chi connectivity index (χ4v) is 7.43. The number of aromatic nitrogens is 2. The van der Waals surface area contributed by atoms with Gasteiger partial charge < -0.3 is 62.8 Å². The molecule has 3 aromatic carbocycles. The molecular formula is C46H59N9O9. The van der Waals surface area contributed by atoms with Crippen LogP contribution in [0.3, 0.4) is 0 Å². The third kappa shape index (κ3) is 10.9. The second-order valence-electron chi connectivity index (χ2n) is 16.7. The Balaban J connectivity index is 1.38. The van der Waals surface area contributed by atoms with E-state index < -0.39 is 59.7 Å². The molecule has 0 saturated heterocycles. The Kier molecular flexibility index (Phi) is 15.2. The number of hydrogen-bond donors (Lipinski definition) is 9. The fraction of sp³-hybridized carbons (Fsp3) is 0.435. The number of likely N-dealkylation sites (N-methyl/N-ethyl adjacent to an activating group) is 1. The normalized spacial score (nSPS) is 18.3. The molecule has 6 rings (SSSR count). The molecule has 0 spiro atoms. The number of phenols is 1. The zero-order valence-corrected chi connectivity index (χ0v) is 36.6. The molecule has 1 saturated carbocycles. The van der Waals surface area contributed by atoms with E-state index in [1.54, 1.807) is 25.1 Å². The lowest BCUT2D eigenvalue weighted by molar-refractivity contribution is -0.141. The van der Waals surface area contributed by atoms with Gasteiger partial charge in [0.15, 0.2) is 17.3 Å². The molecule has 0 unspecified atom stereocenters. The molecule has 5 atom stereocenters. The first-order valence-electron chi connectivity index (χ1n) is 21.4. The molecule has 4 bridgehead atoms. The largest absolute Gasteiger partial charge is 0.504 e. The van der Waals surface area contributed by atoms with Crippen molar-refractivity contribution in [3.63, 3.8) is 0 Å². The minimum absolute atomic E-state index is 0.0230. The fourth-order valence-electron chi connectivity index (χ4n) is 7.43. The third-order valence-electron chi connectivity index (χ3n) is 11.7. The van der Waals surface area contributed by atoms with E-state index in [0.29, 0.717) is 23.5 Å². The zero-order valence-electron chi connectivity index (χ0n) is 36.6. The summed E-state index contributed by atoms with van der Waals surface area (Å²) >= 11 is 0. The monoisotopic (exact) mass is 881 g/mol. The summed E-state index contributed by atoms with van der Waals surface area (Å²) in [6.45, 7) is 4.79. The molecule has 4 amide bonds. The highest BCUT2D eigenvalue weighted by Gasteiger charge is 2.39. The van der Waals surface area contributed by atoms with Crippen molar-refractivity contribution < 1.29 is 44.0 Å². The van der Waals surface area contributed by atoms with E-state index in [0.717, 1.165) is 28.9 Å². The minimum Gasteiger partial charge on any atom is -0.504 e. The SMILES string of the molecule is Cc1nc(-c2ccc(C3(C)CC3)cc2)ncc1C(=O)N[C@@H](CCN)C(=O)N(C)[C@@H]1C(=O)N[C@@H](C)C(=O)NCCc2ccc(OC[C@H](O)CN)c(c2)-c2cc1cc(OC[C@H](O)CN)c2O. The van der Waals surface area contributed by atoms with Crippen LogP contribution >= 0.6 is 0 Å². The van der Waals surface area contributed by atoms with Crippen molar-refractivity contribution in [2.75, 3.05) is 46.4 Å². The smallest absolute Gasteiger partial charge is 0.255 e. The molecule has 1 aliphatic carbocycles. The average molecular weight is 882 g/mol. The van der Waals surface area contributed by atoms with E-state index in [1.165, 1.54) is 37.9 Å². The zero-order chi connectivity index (χ0) is 46.3. The van der Waals surface area contributed by atoms with Crippen LogP contribution in [-0.4, -0.2) is 125 Å². The number of aliphatic hydroxyl groups is 2. The first-order chi connectivity index (χ1) is 30.6. The van der Waals surface area contributed by atoms with Gasteiger partial charge in [-0.1, -0.05) is 37.3 Å². The number of rotatable bonds is 16. The van der Waals surface area contributed by atoms with Crippen molar-refractivity contribution in [3.8, 4) is 39.8 Å². The van der Waals surface area contributed by atoms with E-state index in [4.69, 9.17) is 26.7 Å². The molecule has 342 valence electrons. The summed E-state index contributed by atoms with van der Waals surface area (Å²) in [6, 6.07) is 12.2. The molecule has 12 N–H and O–H groups in total. The van der Waals surface area contributed by atoms with Crippen LogP contribution in [0.5, 0.6) is 17.2 Å². The van der Waals surface area contributed by atoms with Crippen LogP contribution < -0.4 is 42.6 Å². The van der Waals surface area contributed by atoms with Gasteiger partial charge >= 0.3 is 0 Å². The van der Waals surface area contributed by atoms with Crippen LogP contribution in [0.1, 0.15) is 71.9 Å². The lowest BCUT2D eigenvalue weighted by Gasteiger charge is -2.32. The summed E-state index contributed by atoms with van der Waals surface area (Å²) in [7, 11) is 1.36. The number of aliphatic hydroxyl groups excluding tert-OH is 2. The molecule has 2 heterocycles. The summed E-state index contributed by atoms with van der Waals surface area (Å²) in [5.74, 6) is -2.52. The van der Waals surface area contributed by atoms with E-state index in [-0.39, 0.29) is 79.4 Å². The van der Waals surface area contributed by atoms with Gasteiger partial charge in [-0.15, -0.1) is 0 Å². The molecule has 18 nitrogen and oxygen atoms in total. The number of amides is 4. The number of hydrogen-bond acceptors (Lipinski definition) is 14. The number of phenolic OH excluding ortho intramolecular Hbond substituents is 1. The van der Waals surface area contributed by atoms with Crippen molar-refractivity contribution in [3.05, 3.63) is 88.7 Å². The van der Waals surface area contributed by atoms with Crippen molar-refractivity contribution in [1.82, 2.24) is 30.8 Å². The molecule has 4 aromatic rings. The summed E-state index contributed by atoms with van der Waals surface area (Å²) in [6.07, 6.45) is 1.88. The number of nitrogens with one attached hydrogen (secondary N) is 3. The van der Waals surface area contributed by atoms with Gasteiger partial charge in [0.05, 0.1) is 11.3 Å². The van der Waals surface area contributed by atoms with Gasteiger partial charge in [0.25, 0.3) is 5.91 Å². The summed E-state index contributed by atoms with van der Waals surface area (Å²) in [5, 5.41) is 40.7. The van der Waals surface area contributed by atoms with Gasteiger partial charge in [0, 0.05) is 49.6 Å².